The number of hydrogen-bond donors (Lipinski definition) is 7. The van der Waals surface area contributed by atoms with E-state index in [1.54, 1.807) is 36.6 Å². The van der Waals surface area contributed by atoms with E-state index in [9.17, 15) is 48.5 Å². The average Bonchev–Trinajstić information content (AvgIpc) is 3.92. The van der Waals surface area contributed by atoms with E-state index >= 15 is 0 Å². The van der Waals surface area contributed by atoms with Gasteiger partial charge in [0.25, 0.3) is 42.2 Å². The summed E-state index contributed by atoms with van der Waals surface area (Å²) < 4.78 is 114. The Labute approximate surface area is 338 Å². The maximum absolute atomic E-state index is 13.0. The Balaban J connectivity index is 1.15. The molecule has 2 aromatic heterocycles. The third-order valence-corrected chi connectivity index (χ3v) is 11.4. The summed E-state index contributed by atoms with van der Waals surface area (Å²) in [5.41, 5.74) is 0.971. The molecule has 0 aliphatic heterocycles. The number of anilines is 4. The normalized spacial score (nSPS) is 13.1. The van der Waals surface area contributed by atoms with Crippen LogP contribution in [-0.4, -0.2) is 50.7 Å². The van der Waals surface area contributed by atoms with Crippen molar-refractivity contribution in [3.8, 4) is 0 Å². The summed E-state index contributed by atoms with van der Waals surface area (Å²) in [5, 5.41) is 9.28. The predicted molar refractivity (Wildman–Crippen MR) is 218 cm³/mol. The number of carbonyl (C=O) groups excluding carboxylic acids is 2. The number of hydrogen-bond acceptors (Lipinski definition) is 12. The van der Waals surface area contributed by atoms with Gasteiger partial charge in [0, 0.05) is 33.9 Å². The van der Waals surface area contributed by atoms with Crippen LogP contribution in [0.15, 0.2) is 140 Å². The van der Waals surface area contributed by atoms with E-state index in [0.29, 0.717) is 5.69 Å². The number of nitrogens with one attached hydrogen (secondary N) is 4. The van der Waals surface area contributed by atoms with Gasteiger partial charge in [-0.15, -0.1) is 0 Å². The largest absolute Gasteiger partial charge is 0.467 e. The van der Waals surface area contributed by atoms with Gasteiger partial charge in [0.15, 0.2) is 0 Å². The van der Waals surface area contributed by atoms with Crippen LogP contribution in [0.4, 0.5) is 22.7 Å². The minimum atomic E-state index is -4.92. The van der Waals surface area contributed by atoms with Crippen LogP contribution in [0.25, 0.3) is 12.2 Å². The molecule has 306 valence electrons. The molecule has 0 saturated carbocycles. The van der Waals surface area contributed by atoms with Crippen LogP contribution >= 0.6 is 0 Å². The Bertz CT molecular complexity index is 2840. The van der Waals surface area contributed by atoms with Crippen molar-refractivity contribution in [3.05, 3.63) is 155 Å². The van der Waals surface area contributed by atoms with Crippen molar-refractivity contribution < 1.29 is 57.3 Å². The molecule has 2 heterocycles. The summed E-state index contributed by atoms with van der Waals surface area (Å²) in [6.45, 7) is 1.90. The lowest BCUT2D eigenvalue weighted by Gasteiger charge is -2.15. The number of furan rings is 2. The lowest BCUT2D eigenvalue weighted by molar-refractivity contribution is 0.101. The molecule has 0 bridgehead atoms. The van der Waals surface area contributed by atoms with Gasteiger partial charge in [0.05, 0.1) is 18.6 Å². The van der Waals surface area contributed by atoms with E-state index < -0.39 is 57.3 Å². The highest BCUT2D eigenvalue weighted by Gasteiger charge is 2.28. The molecule has 2 amide bonds. The van der Waals surface area contributed by atoms with Gasteiger partial charge in [-0.05, 0) is 115 Å². The fraction of sp³-hybridized carbons (Fsp3) is 0.0769. The van der Waals surface area contributed by atoms with Crippen molar-refractivity contribution in [3.63, 3.8) is 0 Å². The molecular formula is C39H34N4O13S3. The van der Waals surface area contributed by atoms with Gasteiger partial charge in [-0.25, -0.2) is 0 Å². The maximum atomic E-state index is 13.0. The first kappa shape index (κ1) is 42.1. The standard InChI is InChI=1S/C39H34N4O13S3/c1-24(33-4-2-20-55-33)40-29-14-10-27(11-15-29)37(44)41-31-18-8-25(35(22-31)57(46,47)48)6-7-26-9-19-32(23-36(26)58(49,50)51)42-38(45)28-12-16-30(17-13-28)43-39(59(52,53)54)34-5-3-21-56-34/h2-24,39-40,43H,1H3,(H,41,44)(H,42,45)(H,46,47,48)(H,49,50,51)(H,52,53,54)/b7-6+. The molecule has 2 unspecified atom stereocenters. The highest BCUT2D eigenvalue weighted by atomic mass is 32.2. The molecule has 17 nitrogen and oxygen atoms in total. The highest BCUT2D eigenvalue weighted by Crippen LogP contribution is 2.29. The van der Waals surface area contributed by atoms with Crippen LogP contribution in [0.3, 0.4) is 0 Å². The molecule has 0 fully saturated rings. The Morgan fingerprint density at radius 1 is 0.559 bits per heavy atom. The summed E-state index contributed by atoms with van der Waals surface area (Å²) in [6.07, 6.45) is 5.12. The summed E-state index contributed by atoms with van der Waals surface area (Å²) in [4.78, 5) is 24.7. The van der Waals surface area contributed by atoms with Crippen LogP contribution in [0.5, 0.6) is 0 Å². The molecule has 0 aliphatic rings. The quantitative estimate of drug-likeness (QED) is 0.0397. The Morgan fingerprint density at radius 3 is 1.36 bits per heavy atom. The van der Waals surface area contributed by atoms with Crippen molar-refractivity contribution in [2.45, 2.75) is 28.1 Å². The van der Waals surface area contributed by atoms with Crippen molar-refractivity contribution >= 4 is 77.1 Å². The highest BCUT2D eigenvalue weighted by molar-refractivity contribution is 7.86. The van der Waals surface area contributed by atoms with Gasteiger partial charge >= 0.3 is 0 Å². The first-order valence-corrected chi connectivity index (χ1v) is 21.5. The second-order valence-corrected chi connectivity index (χ2v) is 17.1. The molecule has 2 atom stereocenters. The Morgan fingerprint density at radius 2 is 0.966 bits per heavy atom. The van der Waals surface area contributed by atoms with Crippen molar-refractivity contribution in [2.24, 2.45) is 0 Å². The number of benzene rings is 4. The van der Waals surface area contributed by atoms with Crippen LogP contribution in [0.2, 0.25) is 0 Å². The third-order valence-electron chi connectivity index (χ3n) is 8.59. The minimum Gasteiger partial charge on any atom is -0.467 e. The molecular weight excluding hydrogens is 829 g/mol. The molecule has 4 aromatic carbocycles. The molecule has 0 saturated heterocycles. The monoisotopic (exact) mass is 862 g/mol. The lowest BCUT2D eigenvalue weighted by Crippen LogP contribution is -2.20. The van der Waals surface area contributed by atoms with Crippen LogP contribution in [0.1, 0.15) is 61.7 Å². The van der Waals surface area contributed by atoms with Gasteiger partial charge in [-0.2, -0.15) is 25.3 Å². The molecule has 6 rings (SSSR count). The molecule has 6 aromatic rings. The van der Waals surface area contributed by atoms with Crippen molar-refractivity contribution in [1.82, 2.24) is 0 Å². The summed E-state index contributed by atoms with van der Waals surface area (Å²) in [7, 11) is -14.4. The van der Waals surface area contributed by atoms with Gasteiger partial charge in [-0.3, -0.25) is 23.2 Å². The van der Waals surface area contributed by atoms with Crippen molar-refractivity contribution in [1.29, 1.82) is 0 Å². The molecule has 7 N–H and O–H groups in total. The lowest BCUT2D eigenvalue weighted by atomic mass is 10.1. The van der Waals surface area contributed by atoms with E-state index in [1.165, 1.54) is 73.0 Å². The van der Waals surface area contributed by atoms with Gasteiger partial charge in [0.1, 0.15) is 21.3 Å². The zero-order valence-corrected chi connectivity index (χ0v) is 33.0. The van der Waals surface area contributed by atoms with Crippen molar-refractivity contribution in [2.75, 3.05) is 21.3 Å². The fourth-order valence-electron chi connectivity index (χ4n) is 5.71. The summed E-state index contributed by atoms with van der Waals surface area (Å²) in [5.74, 6) is -0.648. The van der Waals surface area contributed by atoms with E-state index in [2.05, 4.69) is 21.3 Å². The Hall–Kier alpha value is -6.55. The van der Waals surface area contributed by atoms with E-state index in [4.69, 9.17) is 8.83 Å². The topological polar surface area (TPSA) is 272 Å². The molecule has 0 radical (unpaired) electrons. The zero-order valence-electron chi connectivity index (χ0n) is 30.5. The van der Waals surface area contributed by atoms with Gasteiger partial charge in [0.2, 0.25) is 5.37 Å². The third kappa shape index (κ3) is 10.7. The second kappa shape index (κ2) is 17.1. The predicted octanol–water partition coefficient (Wildman–Crippen LogP) is 7.21. The van der Waals surface area contributed by atoms with Gasteiger partial charge in [-0.1, -0.05) is 24.3 Å². The maximum Gasteiger partial charge on any atom is 0.295 e. The van der Waals surface area contributed by atoms with Crippen LogP contribution in [0, 0.1) is 0 Å². The summed E-state index contributed by atoms with van der Waals surface area (Å²) in [6, 6.07) is 25.2. The SMILES string of the molecule is CC(Nc1ccc(C(=O)Nc2ccc(/C=C/c3ccc(NC(=O)c4ccc(NC(c5ccco5)S(=O)(=O)O)cc4)cc3S(=O)(=O)O)c(S(=O)(=O)O)c2)cc1)c1ccco1. The Kier molecular flexibility index (Phi) is 12.2. The first-order valence-electron chi connectivity index (χ1n) is 17.2. The molecule has 59 heavy (non-hydrogen) atoms. The van der Waals surface area contributed by atoms with Crippen LogP contribution < -0.4 is 21.3 Å². The van der Waals surface area contributed by atoms with E-state index in [-0.39, 0.29) is 51.1 Å². The molecule has 0 aliphatic carbocycles. The summed E-state index contributed by atoms with van der Waals surface area (Å²) >= 11 is 0. The number of amides is 2. The minimum absolute atomic E-state index is 0.0224. The van der Waals surface area contributed by atoms with Crippen LogP contribution in [-0.2, 0) is 30.4 Å². The van der Waals surface area contributed by atoms with E-state index in [0.717, 1.165) is 24.0 Å². The fourth-order valence-corrected chi connectivity index (χ4v) is 7.84. The molecule has 0 spiro atoms. The first-order chi connectivity index (χ1) is 27.8. The number of carbonyl (C=O) groups is 2. The average molecular weight is 863 g/mol. The van der Waals surface area contributed by atoms with E-state index in [1.807, 2.05) is 13.0 Å². The number of rotatable bonds is 15. The smallest absolute Gasteiger partial charge is 0.295 e. The molecule has 20 heteroatoms. The second-order valence-electron chi connectivity index (χ2n) is 12.8. The van der Waals surface area contributed by atoms with Gasteiger partial charge < -0.3 is 30.1 Å². The zero-order chi connectivity index (χ0) is 42.5.